The van der Waals surface area contributed by atoms with E-state index in [2.05, 4.69) is 38.2 Å². The molecule has 60 heavy (non-hydrogen) atoms. The van der Waals surface area contributed by atoms with E-state index in [0.717, 1.165) is 44.9 Å². The molecule has 1 fully saturated rings. The van der Waals surface area contributed by atoms with Gasteiger partial charge < -0.3 is 39.4 Å². The Hall–Kier alpha value is -2.31. The Morgan fingerprint density at radius 2 is 0.933 bits per heavy atom. The lowest BCUT2D eigenvalue weighted by molar-refractivity contribution is -0.298. The maximum absolute atomic E-state index is 12.7. The molecular formula is C49H88O11. The largest absolute Gasteiger partial charge is 0.479 e. The summed E-state index contributed by atoms with van der Waals surface area (Å²) in [5.74, 6) is -2.44. The monoisotopic (exact) mass is 853 g/mol. The SMILES string of the molecule is CCCCCCC/C=C\C/C=C\CCCCCCCCCCCCCC(=O)OCC(COC1OC(C(=O)O)C(O)C(O)C1O)OC(=O)CCCCCCCCCCCCC. The van der Waals surface area contributed by atoms with Crippen LogP contribution < -0.4 is 0 Å². The summed E-state index contributed by atoms with van der Waals surface area (Å²) in [6, 6.07) is 0. The maximum Gasteiger partial charge on any atom is 0.335 e. The Morgan fingerprint density at radius 3 is 1.38 bits per heavy atom. The van der Waals surface area contributed by atoms with Crippen molar-refractivity contribution < 1.29 is 53.8 Å². The molecule has 11 nitrogen and oxygen atoms in total. The van der Waals surface area contributed by atoms with Gasteiger partial charge in [0.15, 0.2) is 18.5 Å². The Kier molecular flexibility index (Phi) is 36.7. The molecule has 0 radical (unpaired) electrons. The van der Waals surface area contributed by atoms with Crippen molar-refractivity contribution in [3.63, 3.8) is 0 Å². The highest BCUT2D eigenvalue weighted by Gasteiger charge is 2.47. The normalized spacial score (nSPS) is 19.9. The highest BCUT2D eigenvalue weighted by molar-refractivity contribution is 5.73. The molecule has 1 saturated heterocycles. The zero-order valence-electron chi connectivity index (χ0n) is 38.0. The highest BCUT2D eigenvalue weighted by atomic mass is 16.7. The van der Waals surface area contributed by atoms with Crippen molar-refractivity contribution in [3.8, 4) is 0 Å². The number of carboxylic acid groups (broad SMARTS) is 1. The topological polar surface area (TPSA) is 169 Å². The molecule has 11 heteroatoms. The summed E-state index contributed by atoms with van der Waals surface area (Å²) >= 11 is 0. The molecule has 0 saturated carbocycles. The fourth-order valence-electron chi connectivity index (χ4n) is 7.44. The molecule has 0 aromatic rings. The first-order valence-corrected chi connectivity index (χ1v) is 24.4. The first-order valence-electron chi connectivity index (χ1n) is 24.4. The predicted octanol–water partition coefficient (Wildman–Crippen LogP) is 11.0. The number of aliphatic hydroxyl groups is 3. The Balaban J connectivity index is 2.26. The van der Waals surface area contributed by atoms with E-state index < -0.39 is 54.7 Å². The van der Waals surface area contributed by atoms with Crippen LogP contribution in [0.25, 0.3) is 0 Å². The van der Waals surface area contributed by atoms with Crippen molar-refractivity contribution in [2.24, 2.45) is 0 Å². The van der Waals surface area contributed by atoms with E-state index in [4.69, 9.17) is 18.9 Å². The predicted molar refractivity (Wildman–Crippen MR) is 238 cm³/mol. The number of carbonyl (C=O) groups is 3. The molecule has 1 aliphatic rings. The third-order valence-corrected chi connectivity index (χ3v) is 11.3. The van der Waals surface area contributed by atoms with Gasteiger partial charge in [-0.05, 0) is 44.9 Å². The fraction of sp³-hybridized carbons (Fsp3) is 0.857. The minimum absolute atomic E-state index is 0.186. The first kappa shape index (κ1) is 55.7. The van der Waals surface area contributed by atoms with Crippen LogP contribution >= 0.6 is 0 Å². The van der Waals surface area contributed by atoms with Gasteiger partial charge in [0.2, 0.25) is 0 Å². The number of unbranched alkanes of at least 4 members (excludes halogenated alkanes) is 26. The standard InChI is InChI=1S/C49H88O11/c1-3-5-7-9-11-13-15-16-17-18-19-20-21-22-23-24-25-26-28-29-31-33-35-37-42(50)57-39-41(40-58-49-46(54)44(52)45(53)47(60-49)48(55)56)59-43(51)38-36-34-32-30-27-14-12-10-8-6-4-2/h15-16,18-19,41,44-47,49,52-54H,3-14,17,20-40H2,1-2H3,(H,55,56)/b16-15-,19-18-. The minimum Gasteiger partial charge on any atom is -0.479 e. The Morgan fingerprint density at radius 1 is 0.517 bits per heavy atom. The van der Waals surface area contributed by atoms with E-state index in [1.807, 2.05) is 0 Å². The van der Waals surface area contributed by atoms with Gasteiger partial charge in [0.25, 0.3) is 0 Å². The summed E-state index contributed by atoms with van der Waals surface area (Å²) < 4.78 is 21.8. The quantitative estimate of drug-likeness (QED) is 0.0262. The van der Waals surface area contributed by atoms with Crippen molar-refractivity contribution in [3.05, 3.63) is 24.3 Å². The van der Waals surface area contributed by atoms with Gasteiger partial charge in [0.1, 0.15) is 24.9 Å². The number of carbonyl (C=O) groups excluding carboxylic acids is 2. The Bertz CT molecular complexity index is 1100. The van der Waals surface area contributed by atoms with Gasteiger partial charge in [0, 0.05) is 12.8 Å². The van der Waals surface area contributed by atoms with Gasteiger partial charge in [-0.15, -0.1) is 0 Å². The van der Waals surface area contributed by atoms with Gasteiger partial charge >= 0.3 is 17.9 Å². The van der Waals surface area contributed by atoms with Crippen LogP contribution in [0.3, 0.4) is 0 Å². The van der Waals surface area contributed by atoms with Crippen LogP contribution in [0.1, 0.15) is 219 Å². The maximum atomic E-state index is 12.7. The molecule has 6 atom stereocenters. The molecule has 350 valence electrons. The summed E-state index contributed by atoms with van der Waals surface area (Å²) in [6.07, 6.45) is 35.2. The molecule has 6 unspecified atom stereocenters. The second-order valence-corrected chi connectivity index (χ2v) is 17.0. The average Bonchev–Trinajstić information content (AvgIpc) is 3.23. The van der Waals surface area contributed by atoms with Gasteiger partial charge in [-0.3, -0.25) is 9.59 Å². The van der Waals surface area contributed by atoms with Crippen molar-refractivity contribution in [1.29, 1.82) is 0 Å². The number of hydrogen-bond acceptors (Lipinski definition) is 10. The number of hydrogen-bond donors (Lipinski definition) is 4. The molecule has 0 aromatic heterocycles. The molecule has 0 amide bonds. The molecule has 4 N–H and O–H groups in total. The van der Waals surface area contributed by atoms with Crippen LogP contribution in [0, 0.1) is 0 Å². The highest BCUT2D eigenvalue weighted by Crippen LogP contribution is 2.23. The van der Waals surface area contributed by atoms with Crippen molar-refractivity contribution in [2.75, 3.05) is 13.2 Å². The summed E-state index contributed by atoms with van der Waals surface area (Å²) in [6.45, 7) is 3.80. The number of carboxylic acids is 1. The lowest BCUT2D eigenvalue weighted by Crippen LogP contribution is -2.60. The zero-order valence-corrected chi connectivity index (χ0v) is 38.0. The fourth-order valence-corrected chi connectivity index (χ4v) is 7.44. The van der Waals surface area contributed by atoms with Gasteiger partial charge in [0.05, 0.1) is 6.61 Å². The van der Waals surface area contributed by atoms with Crippen LogP contribution in [0.15, 0.2) is 24.3 Å². The van der Waals surface area contributed by atoms with Gasteiger partial charge in [-0.1, -0.05) is 186 Å². The van der Waals surface area contributed by atoms with Crippen molar-refractivity contribution in [1.82, 2.24) is 0 Å². The molecule has 0 aliphatic carbocycles. The molecule has 0 bridgehead atoms. The number of aliphatic hydroxyl groups excluding tert-OH is 3. The first-order chi connectivity index (χ1) is 29.2. The minimum atomic E-state index is -1.86. The third-order valence-electron chi connectivity index (χ3n) is 11.3. The third kappa shape index (κ3) is 30.7. The number of allylic oxidation sites excluding steroid dienone is 4. The van der Waals surface area contributed by atoms with Crippen LogP contribution in [-0.4, -0.2) is 88.4 Å². The van der Waals surface area contributed by atoms with E-state index in [1.165, 1.54) is 135 Å². The smallest absolute Gasteiger partial charge is 0.335 e. The number of esters is 2. The van der Waals surface area contributed by atoms with Gasteiger partial charge in [-0.25, -0.2) is 4.79 Å². The summed E-state index contributed by atoms with van der Waals surface area (Å²) in [5.41, 5.74) is 0. The average molecular weight is 853 g/mol. The molecule has 1 rings (SSSR count). The van der Waals surface area contributed by atoms with Crippen LogP contribution in [0.4, 0.5) is 0 Å². The van der Waals surface area contributed by atoms with E-state index in [1.54, 1.807) is 0 Å². The van der Waals surface area contributed by atoms with E-state index >= 15 is 0 Å². The summed E-state index contributed by atoms with van der Waals surface area (Å²) in [7, 11) is 0. The van der Waals surface area contributed by atoms with Gasteiger partial charge in [-0.2, -0.15) is 0 Å². The zero-order chi connectivity index (χ0) is 43.9. The lowest BCUT2D eigenvalue weighted by Gasteiger charge is -2.38. The Labute approximate surface area is 364 Å². The number of rotatable bonds is 41. The summed E-state index contributed by atoms with van der Waals surface area (Å²) in [4.78, 5) is 36.8. The van der Waals surface area contributed by atoms with Crippen LogP contribution in [0.5, 0.6) is 0 Å². The number of ether oxygens (including phenoxy) is 4. The van der Waals surface area contributed by atoms with Crippen molar-refractivity contribution >= 4 is 17.9 Å². The van der Waals surface area contributed by atoms with E-state index in [0.29, 0.717) is 12.8 Å². The molecular weight excluding hydrogens is 765 g/mol. The van der Waals surface area contributed by atoms with Crippen LogP contribution in [0.2, 0.25) is 0 Å². The van der Waals surface area contributed by atoms with Crippen molar-refractivity contribution in [2.45, 2.75) is 256 Å². The summed E-state index contributed by atoms with van der Waals surface area (Å²) in [5, 5.41) is 39.8. The van der Waals surface area contributed by atoms with E-state index in [-0.39, 0.29) is 26.1 Å². The van der Waals surface area contributed by atoms with Crippen LogP contribution in [-0.2, 0) is 33.3 Å². The second-order valence-electron chi connectivity index (χ2n) is 17.0. The molecule has 1 aliphatic heterocycles. The molecule has 1 heterocycles. The second kappa shape index (κ2) is 39.5. The lowest BCUT2D eigenvalue weighted by atomic mass is 9.99. The molecule has 0 aromatic carbocycles. The van der Waals surface area contributed by atoms with E-state index in [9.17, 15) is 34.8 Å². The molecule has 0 spiro atoms. The number of aliphatic carboxylic acids is 1.